The van der Waals surface area contributed by atoms with Crippen molar-refractivity contribution in [3.63, 3.8) is 0 Å². The van der Waals surface area contributed by atoms with E-state index in [0.29, 0.717) is 10.9 Å². The van der Waals surface area contributed by atoms with Crippen LogP contribution in [0.15, 0.2) is 36.4 Å². The maximum absolute atomic E-state index is 12.0. The third-order valence-electron chi connectivity index (χ3n) is 3.17. The van der Waals surface area contributed by atoms with E-state index >= 15 is 0 Å². The number of carbonyl (C=O) groups is 1. The van der Waals surface area contributed by atoms with E-state index in [1.54, 1.807) is 11.8 Å². The van der Waals surface area contributed by atoms with Crippen molar-refractivity contribution in [2.24, 2.45) is 0 Å². The maximum atomic E-state index is 12.0. The molecule has 1 heterocycles. The Labute approximate surface area is 138 Å². The number of thiazole rings is 1. The van der Waals surface area contributed by atoms with Crippen LogP contribution in [0, 0.1) is 0 Å². The molecule has 114 valence electrons. The molecule has 0 aliphatic rings. The number of nitrogens with one attached hydrogen (secondary N) is 1. The first kappa shape index (κ1) is 15.3. The molecule has 1 N–H and O–H groups in total. The average molecular weight is 330 g/mol. The Bertz CT molecular complexity index is 833. The second kappa shape index (κ2) is 5.89. The second-order valence-corrected chi connectivity index (χ2v) is 8.93. The number of rotatable bonds is 3. The predicted octanol–water partition coefficient (Wildman–Crippen LogP) is 4.92. The molecule has 0 spiro atoms. The molecule has 0 aliphatic carbocycles. The molecule has 1 amide bonds. The molecule has 1 aromatic heterocycles. The number of anilines is 1. The molecule has 0 saturated heterocycles. The SMILES string of the molecule is CC(C)(C)SCC(=O)Nc1nc2c(ccc3ccccc32)s1. The Morgan fingerprint density at radius 3 is 2.77 bits per heavy atom. The lowest BCUT2D eigenvalue weighted by atomic mass is 10.1. The van der Waals surface area contributed by atoms with E-state index in [-0.39, 0.29) is 10.7 Å². The molecule has 22 heavy (non-hydrogen) atoms. The Morgan fingerprint density at radius 2 is 2.00 bits per heavy atom. The summed E-state index contributed by atoms with van der Waals surface area (Å²) in [4.78, 5) is 16.6. The first-order valence-electron chi connectivity index (χ1n) is 7.14. The Balaban J connectivity index is 1.83. The van der Waals surface area contributed by atoms with Crippen LogP contribution in [0.4, 0.5) is 5.13 Å². The van der Waals surface area contributed by atoms with Crippen molar-refractivity contribution in [1.82, 2.24) is 4.98 Å². The van der Waals surface area contributed by atoms with Gasteiger partial charge in [-0.2, -0.15) is 0 Å². The summed E-state index contributed by atoms with van der Waals surface area (Å²) >= 11 is 3.16. The number of hydrogen-bond acceptors (Lipinski definition) is 4. The van der Waals surface area contributed by atoms with Crippen LogP contribution in [0.5, 0.6) is 0 Å². The van der Waals surface area contributed by atoms with E-state index < -0.39 is 0 Å². The third kappa shape index (κ3) is 3.42. The summed E-state index contributed by atoms with van der Waals surface area (Å²) in [5.74, 6) is 0.448. The molecular formula is C17H18N2OS2. The van der Waals surface area contributed by atoms with E-state index in [0.717, 1.165) is 15.6 Å². The lowest BCUT2D eigenvalue weighted by Gasteiger charge is -2.16. The maximum Gasteiger partial charge on any atom is 0.236 e. The Morgan fingerprint density at radius 1 is 1.23 bits per heavy atom. The van der Waals surface area contributed by atoms with Crippen LogP contribution in [-0.2, 0) is 4.79 Å². The number of nitrogens with zero attached hydrogens (tertiary/aromatic N) is 1. The second-order valence-electron chi connectivity index (χ2n) is 6.10. The molecule has 2 aromatic carbocycles. The number of fused-ring (bicyclic) bond motifs is 3. The minimum absolute atomic E-state index is 0.00304. The largest absolute Gasteiger partial charge is 0.301 e. The van der Waals surface area contributed by atoms with Crippen molar-refractivity contribution in [3.8, 4) is 0 Å². The van der Waals surface area contributed by atoms with Crippen LogP contribution in [-0.4, -0.2) is 21.4 Å². The van der Waals surface area contributed by atoms with Gasteiger partial charge in [0.25, 0.3) is 0 Å². The molecular weight excluding hydrogens is 312 g/mol. The van der Waals surface area contributed by atoms with Gasteiger partial charge in [0.1, 0.15) is 0 Å². The van der Waals surface area contributed by atoms with E-state index in [1.807, 2.05) is 12.1 Å². The minimum atomic E-state index is 0.00304. The smallest absolute Gasteiger partial charge is 0.236 e. The fourth-order valence-corrected chi connectivity index (χ4v) is 3.69. The van der Waals surface area contributed by atoms with Crippen molar-refractivity contribution in [1.29, 1.82) is 0 Å². The van der Waals surface area contributed by atoms with E-state index in [1.165, 1.54) is 16.7 Å². The standard InChI is InChI=1S/C17H18N2OS2/c1-17(2,3)21-10-14(20)18-16-19-15-12-7-5-4-6-11(12)8-9-13(15)22-16/h4-9H,10H2,1-3H3,(H,18,19,20). The van der Waals surface area contributed by atoms with Crippen molar-refractivity contribution >= 4 is 55.1 Å². The van der Waals surface area contributed by atoms with Crippen LogP contribution < -0.4 is 5.32 Å². The van der Waals surface area contributed by atoms with Gasteiger partial charge < -0.3 is 5.32 Å². The summed E-state index contributed by atoms with van der Waals surface area (Å²) in [5, 5.41) is 5.88. The van der Waals surface area contributed by atoms with Gasteiger partial charge in [0, 0.05) is 10.1 Å². The van der Waals surface area contributed by atoms with E-state index in [2.05, 4.69) is 55.3 Å². The number of benzene rings is 2. The van der Waals surface area contributed by atoms with Crippen molar-refractivity contribution < 1.29 is 4.79 Å². The highest BCUT2D eigenvalue weighted by Gasteiger charge is 2.15. The lowest BCUT2D eigenvalue weighted by molar-refractivity contribution is -0.113. The first-order valence-corrected chi connectivity index (χ1v) is 8.95. The third-order valence-corrected chi connectivity index (χ3v) is 5.37. The molecule has 0 fully saturated rings. The van der Waals surface area contributed by atoms with Gasteiger partial charge in [0.2, 0.25) is 5.91 Å². The summed E-state index contributed by atoms with van der Waals surface area (Å²) in [5.41, 5.74) is 0.960. The topological polar surface area (TPSA) is 42.0 Å². The molecule has 5 heteroatoms. The summed E-state index contributed by atoms with van der Waals surface area (Å²) in [6.07, 6.45) is 0. The highest BCUT2D eigenvalue weighted by Crippen LogP contribution is 2.32. The molecule has 3 aromatic rings. The molecule has 3 rings (SSSR count). The molecule has 0 radical (unpaired) electrons. The number of hydrogen-bond donors (Lipinski definition) is 1. The lowest BCUT2D eigenvalue weighted by Crippen LogP contribution is -2.18. The molecule has 3 nitrogen and oxygen atoms in total. The summed E-state index contributed by atoms with van der Waals surface area (Å²) < 4.78 is 1.18. The number of aromatic nitrogens is 1. The van der Waals surface area contributed by atoms with Gasteiger partial charge in [-0.15, -0.1) is 11.8 Å². The van der Waals surface area contributed by atoms with Gasteiger partial charge in [0.15, 0.2) is 5.13 Å². The van der Waals surface area contributed by atoms with Crippen LogP contribution in [0.25, 0.3) is 21.0 Å². The molecule has 0 atom stereocenters. The monoisotopic (exact) mass is 330 g/mol. The van der Waals surface area contributed by atoms with Gasteiger partial charge in [-0.1, -0.05) is 62.4 Å². The fourth-order valence-electron chi connectivity index (χ4n) is 2.15. The molecule has 0 bridgehead atoms. The van der Waals surface area contributed by atoms with Crippen LogP contribution >= 0.6 is 23.1 Å². The van der Waals surface area contributed by atoms with Crippen molar-refractivity contribution in [2.75, 3.05) is 11.1 Å². The van der Waals surface area contributed by atoms with E-state index in [9.17, 15) is 4.79 Å². The average Bonchev–Trinajstić information content (AvgIpc) is 2.87. The van der Waals surface area contributed by atoms with Crippen molar-refractivity contribution in [3.05, 3.63) is 36.4 Å². The zero-order valence-electron chi connectivity index (χ0n) is 12.8. The summed E-state index contributed by atoms with van der Waals surface area (Å²) in [6, 6.07) is 12.3. The minimum Gasteiger partial charge on any atom is -0.301 e. The summed E-state index contributed by atoms with van der Waals surface area (Å²) in [7, 11) is 0. The normalized spacial score (nSPS) is 12.0. The predicted molar refractivity (Wildman–Crippen MR) is 98.0 cm³/mol. The Kier molecular flexibility index (Phi) is 4.10. The van der Waals surface area contributed by atoms with Gasteiger partial charge in [0.05, 0.1) is 16.0 Å². The zero-order chi connectivity index (χ0) is 15.7. The highest BCUT2D eigenvalue weighted by atomic mass is 32.2. The fraction of sp³-hybridized carbons (Fsp3) is 0.294. The van der Waals surface area contributed by atoms with Crippen LogP contribution in [0.2, 0.25) is 0 Å². The molecule has 0 unspecified atom stereocenters. The van der Waals surface area contributed by atoms with E-state index in [4.69, 9.17) is 0 Å². The van der Waals surface area contributed by atoms with Crippen molar-refractivity contribution in [2.45, 2.75) is 25.5 Å². The van der Waals surface area contributed by atoms with Gasteiger partial charge in [-0.3, -0.25) is 4.79 Å². The van der Waals surface area contributed by atoms with Gasteiger partial charge in [-0.05, 0) is 11.5 Å². The molecule has 0 saturated carbocycles. The quantitative estimate of drug-likeness (QED) is 0.741. The van der Waals surface area contributed by atoms with Crippen LogP contribution in [0.3, 0.4) is 0 Å². The summed E-state index contributed by atoms with van der Waals surface area (Å²) in [6.45, 7) is 6.32. The zero-order valence-corrected chi connectivity index (χ0v) is 14.5. The number of thioether (sulfide) groups is 1. The van der Waals surface area contributed by atoms with Gasteiger partial charge >= 0.3 is 0 Å². The number of amides is 1. The Hall–Kier alpha value is -1.59. The highest BCUT2D eigenvalue weighted by molar-refractivity contribution is 8.01. The number of carbonyl (C=O) groups excluding carboxylic acids is 1. The first-order chi connectivity index (χ1) is 10.4. The van der Waals surface area contributed by atoms with Gasteiger partial charge in [-0.25, -0.2) is 4.98 Å². The molecule has 0 aliphatic heterocycles. The van der Waals surface area contributed by atoms with Crippen LogP contribution in [0.1, 0.15) is 20.8 Å².